The molecule has 1 aromatic heterocycles. The first-order valence-electron chi connectivity index (χ1n) is 10.5. The maximum absolute atomic E-state index is 5.59. The molecule has 3 rings (SSSR count). The molecule has 0 aliphatic carbocycles. The van der Waals surface area contributed by atoms with Gasteiger partial charge in [-0.15, -0.1) is 24.0 Å². The van der Waals surface area contributed by atoms with Crippen molar-refractivity contribution in [1.29, 1.82) is 0 Å². The maximum atomic E-state index is 5.59. The molecule has 0 fully saturated rings. The van der Waals surface area contributed by atoms with Crippen molar-refractivity contribution in [2.75, 3.05) is 34.4 Å². The van der Waals surface area contributed by atoms with Crippen molar-refractivity contribution in [2.24, 2.45) is 4.99 Å². The minimum Gasteiger partial charge on any atom is -0.496 e. The van der Waals surface area contributed by atoms with Gasteiger partial charge in [-0.1, -0.05) is 18.2 Å². The zero-order chi connectivity index (χ0) is 22.8. The summed E-state index contributed by atoms with van der Waals surface area (Å²) in [6.07, 6.45) is 2.32. The van der Waals surface area contributed by atoms with Crippen LogP contribution in [0.4, 0.5) is 0 Å². The first kappa shape index (κ1) is 26.3. The molecule has 2 aromatic carbocycles. The Kier molecular flexibility index (Phi) is 10.8. The predicted octanol–water partition coefficient (Wildman–Crippen LogP) is 4.28. The third-order valence-electron chi connectivity index (χ3n) is 4.80. The fourth-order valence-electron chi connectivity index (χ4n) is 3.22. The molecule has 8 nitrogen and oxygen atoms in total. The lowest BCUT2D eigenvalue weighted by molar-refractivity contribution is 0.368. The minimum absolute atomic E-state index is 0. The summed E-state index contributed by atoms with van der Waals surface area (Å²) >= 11 is 0. The summed E-state index contributed by atoms with van der Waals surface area (Å²) in [5, 5.41) is 6.60. The number of oxazole rings is 1. The molecule has 33 heavy (non-hydrogen) atoms. The SMILES string of the molecule is CCNC(=NCc1coc(-c2ccccc2)n1)NCCc1c(OC)cc(OC)cc1OC.I. The summed E-state index contributed by atoms with van der Waals surface area (Å²) < 4.78 is 22.0. The summed E-state index contributed by atoms with van der Waals surface area (Å²) in [5.74, 6) is 3.42. The Hall–Kier alpha value is -2.95. The molecule has 0 unspecified atom stereocenters. The molecule has 0 saturated carbocycles. The fraction of sp³-hybridized carbons (Fsp3) is 0.333. The van der Waals surface area contributed by atoms with Crippen molar-refractivity contribution >= 4 is 29.9 Å². The summed E-state index contributed by atoms with van der Waals surface area (Å²) in [5.41, 5.74) is 2.66. The zero-order valence-corrected chi connectivity index (χ0v) is 21.7. The number of guanidine groups is 1. The number of halogens is 1. The van der Waals surface area contributed by atoms with Crippen LogP contribution in [0.3, 0.4) is 0 Å². The van der Waals surface area contributed by atoms with Gasteiger partial charge in [0.25, 0.3) is 0 Å². The highest BCUT2D eigenvalue weighted by Gasteiger charge is 2.13. The van der Waals surface area contributed by atoms with Crippen LogP contribution < -0.4 is 24.8 Å². The van der Waals surface area contributed by atoms with E-state index in [4.69, 9.17) is 18.6 Å². The number of hydrogen-bond acceptors (Lipinski definition) is 6. The van der Waals surface area contributed by atoms with E-state index in [9.17, 15) is 0 Å². The van der Waals surface area contributed by atoms with Gasteiger partial charge in [-0.05, 0) is 25.5 Å². The highest BCUT2D eigenvalue weighted by Crippen LogP contribution is 2.34. The van der Waals surface area contributed by atoms with Crippen LogP contribution in [0.1, 0.15) is 18.2 Å². The molecular weight excluding hydrogens is 535 g/mol. The van der Waals surface area contributed by atoms with E-state index in [1.807, 2.05) is 49.4 Å². The van der Waals surface area contributed by atoms with Crippen LogP contribution in [0.2, 0.25) is 0 Å². The van der Waals surface area contributed by atoms with E-state index in [1.165, 1.54) is 0 Å². The summed E-state index contributed by atoms with van der Waals surface area (Å²) in [6, 6.07) is 13.5. The molecule has 0 atom stereocenters. The number of nitrogens with one attached hydrogen (secondary N) is 2. The molecule has 0 saturated heterocycles. The largest absolute Gasteiger partial charge is 0.496 e. The summed E-state index contributed by atoms with van der Waals surface area (Å²) in [6.45, 7) is 3.81. The van der Waals surface area contributed by atoms with Gasteiger partial charge in [-0.25, -0.2) is 9.98 Å². The minimum atomic E-state index is 0. The monoisotopic (exact) mass is 566 g/mol. The van der Waals surface area contributed by atoms with Gasteiger partial charge in [0.05, 0.1) is 27.9 Å². The Bertz CT molecular complexity index is 999. The van der Waals surface area contributed by atoms with Crippen LogP contribution in [-0.4, -0.2) is 45.4 Å². The Morgan fingerprint density at radius 3 is 2.30 bits per heavy atom. The second kappa shape index (κ2) is 13.6. The van der Waals surface area contributed by atoms with Gasteiger partial charge in [-0.3, -0.25) is 0 Å². The highest BCUT2D eigenvalue weighted by atomic mass is 127. The van der Waals surface area contributed by atoms with E-state index in [-0.39, 0.29) is 24.0 Å². The standard InChI is InChI=1S/C24H30N4O4.HI/c1-5-25-24(27-15-18-16-32-23(28-18)17-9-7-6-8-10-17)26-12-11-20-21(30-3)13-19(29-2)14-22(20)31-4;/h6-10,13-14,16H,5,11-12,15H2,1-4H3,(H2,25,26,27);1H. The number of aromatic nitrogens is 1. The Morgan fingerprint density at radius 1 is 1.00 bits per heavy atom. The second-order valence-corrected chi connectivity index (χ2v) is 6.89. The smallest absolute Gasteiger partial charge is 0.226 e. The maximum Gasteiger partial charge on any atom is 0.226 e. The molecule has 0 aliphatic rings. The first-order valence-corrected chi connectivity index (χ1v) is 10.5. The average Bonchev–Trinajstić information content (AvgIpc) is 3.32. The fourth-order valence-corrected chi connectivity index (χ4v) is 3.22. The van der Waals surface area contributed by atoms with Gasteiger partial charge in [0, 0.05) is 36.3 Å². The lowest BCUT2D eigenvalue weighted by atomic mass is 10.1. The van der Waals surface area contributed by atoms with Crippen LogP contribution >= 0.6 is 24.0 Å². The number of aliphatic imine (C=N–C) groups is 1. The van der Waals surface area contributed by atoms with E-state index in [0.29, 0.717) is 37.1 Å². The third kappa shape index (κ3) is 7.28. The van der Waals surface area contributed by atoms with Crippen molar-refractivity contribution in [3.63, 3.8) is 0 Å². The van der Waals surface area contributed by atoms with E-state index < -0.39 is 0 Å². The van der Waals surface area contributed by atoms with Gasteiger partial charge < -0.3 is 29.3 Å². The Balaban J connectivity index is 0.00000385. The molecule has 0 amide bonds. The van der Waals surface area contributed by atoms with Crippen molar-refractivity contribution in [3.05, 3.63) is 60.0 Å². The van der Waals surface area contributed by atoms with Gasteiger partial charge in [-0.2, -0.15) is 0 Å². The van der Waals surface area contributed by atoms with Crippen LogP contribution in [-0.2, 0) is 13.0 Å². The molecule has 2 N–H and O–H groups in total. The molecular formula is C24H31IN4O4. The molecule has 9 heteroatoms. The van der Waals surface area contributed by atoms with E-state index in [2.05, 4.69) is 20.6 Å². The molecule has 0 aliphatic heterocycles. The third-order valence-corrected chi connectivity index (χ3v) is 4.80. The number of benzene rings is 2. The van der Waals surface area contributed by atoms with Crippen LogP contribution in [0.25, 0.3) is 11.5 Å². The normalized spacial score (nSPS) is 10.8. The van der Waals surface area contributed by atoms with Crippen LogP contribution in [0.15, 0.2) is 58.1 Å². The average molecular weight is 566 g/mol. The Morgan fingerprint density at radius 2 is 1.70 bits per heavy atom. The van der Waals surface area contributed by atoms with Crippen molar-refractivity contribution in [2.45, 2.75) is 19.9 Å². The molecule has 0 spiro atoms. The van der Waals surface area contributed by atoms with E-state index >= 15 is 0 Å². The van der Waals surface area contributed by atoms with Gasteiger partial charge in [0.1, 0.15) is 29.2 Å². The Labute approximate surface area is 211 Å². The number of methoxy groups -OCH3 is 3. The zero-order valence-electron chi connectivity index (χ0n) is 19.4. The lowest BCUT2D eigenvalue weighted by Gasteiger charge is -2.16. The predicted molar refractivity (Wildman–Crippen MR) is 140 cm³/mol. The number of hydrogen-bond donors (Lipinski definition) is 2. The van der Waals surface area contributed by atoms with Crippen LogP contribution in [0.5, 0.6) is 17.2 Å². The highest BCUT2D eigenvalue weighted by molar-refractivity contribution is 14.0. The van der Waals surface area contributed by atoms with Crippen LogP contribution in [0, 0.1) is 0 Å². The van der Waals surface area contributed by atoms with Gasteiger partial charge in [0.2, 0.25) is 5.89 Å². The van der Waals surface area contributed by atoms with Crippen molar-refractivity contribution in [3.8, 4) is 28.7 Å². The number of rotatable bonds is 10. The van der Waals surface area contributed by atoms with Crippen molar-refractivity contribution < 1.29 is 18.6 Å². The second-order valence-electron chi connectivity index (χ2n) is 6.89. The summed E-state index contributed by atoms with van der Waals surface area (Å²) in [4.78, 5) is 9.15. The topological polar surface area (TPSA) is 90.1 Å². The summed E-state index contributed by atoms with van der Waals surface area (Å²) in [7, 11) is 4.89. The first-order chi connectivity index (χ1) is 15.7. The molecule has 178 valence electrons. The van der Waals surface area contributed by atoms with E-state index in [1.54, 1.807) is 27.6 Å². The van der Waals surface area contributed by atoms with Gasteiger partial charge in [0.15, 0.2) is 5.96 Å². The molecule has 1 heterocycles. The number of nitrogens with zero attached hydrogens (tertiary/aromatic N) is 2. The molecule has 3 aromatic rings. The van der Waals surface area contributed by atoms with Gasteiger partial charge >= 0.3 is 0 Å². The number of ether oxygens (including phenoxy) is 3. The molecule has 0 bridgehead atoms. The van der Waals surface area contributed by atoms with E-state index in [0.717, 1.165) is 34.9 Å². The van der Waals surface area contributed by atoms with Crippen molar-refractivity contribution in [1.82, 2.24) is 15.6 Å². The molecule has 0 radical (unpaired) electrons. The quantitative estimate of drug-likeness (QED) is 0.215. The lowest BCUT2D eigenvalue weighted by Crippen LogP contribution is -2.38.